The van der Waals surface area contributed by atoms with Crippen molar-refractivity contribution in [3.05, 3.63) is 57.8 Å². The second kappa shape index (κ2) is 5.78. The molecule has 110 valence electrons. The summed E-state index contributed by atoms with van der Waals surface area (Å²) in [7, 11) is 1.95. The Labute approximate surface area is 133 Å². The molecule has 0 bridgehead atoms. The number of rotatable bonds is 3. The highest BCUT2D eigenvalue weighted by Crippen LogP contribution is 2.39. The Morgan fingerprint density at radius 3 is 2.76 bits per heavy atom. The number of nitrogens with zero attached hydrogens (tertiary/aromatic N) is 1. The van der Waals surface area contributed by atoms with E-state index in [4.69, 9.17) is 0 Å². The molecule has 2 aromatic carbocycles. The third-order valence-electron chi connectivity index (χ3n) is 4.13. The molecule has 4 heteroatoms. The molecule has 2 aromatic rings. The quantitative estimate of drug-likeness (QED) is 0.874. The fourth-order valence-electron chi connectivity index (χ4n) is 2.87. The summed E-state index contributed by atoms with van der Waals surface area (Å²) in [4.78, 5) is 2.21. The van der Waals surface area contributed by atoms with Crippen molar-refractivity contribution < 1.29 is 4.39 Å². The van der Waals surface area contributed by atoms with Gasteiger partial charge in [0.2, 0.25) is 0 Å². The highest BCUT2D eigenvalue weighted by atomic mass is 79.9. The molecule has 21 heavy (non-hydrogen) atoms. The molecule has 1 N–H and O–H groups in total. The Morgan fingerprint density at radius 2 is 2.00 bits per heavy atom. The van der Waals surface area contributed by atoms with Crippen LogP contribution in [0, 0.1) is 5.82 Å². The van der Waals surface area contributed by atoms with Crippen molar-refractivity contribution in [2.45, 2.75) is 19.4 Å². The van der Waals surface area contributed by atoms with Gasteiger partial charge in [-0.25, -0.2) is 4.39 Å². The third-order valence-corrected chi connectivity index (χ3v) is 4.62. The average Bonchev–Trinajstić information content (AvgIpc) is 2.89. The maximum atomic E-state index is 13.6. The molecule has 0 aromatic heterocycles. The van der Waals surface area contributed by atoms with E-state index in [1.165, 1.54) is 11.1 Å². The molecule has 2 nitrogen and oxygen atoms in total. The first kappa shape index (κ1) is 14.5. The lowest BCUT2D eigenvalue weighted by atomic mass is 10.0. The minimum atomic E-state index is -0.182. The number of benzene rings is 2. The van der Waals surface area contributed by atoms with Gasteiger partial charge in [0.1, 0.15) is 5.82 Å². The van der Waals surface area contributed by atoms with E-state index in [1.807, 2.05) is 13.1 Å². The summed E-state index contributed by atoms with van der Waals surface area (Å²) in [6, 6.07) is 11.6. The summed E-state index contributed by atoms with van der Waals surface area (Å²) in [5, 5.41) is 3.28. The van der Waals surface area contributed by atoms with Crippen molar-refractivity contribution in [1.82, 2.24) is 5.32 Å². The molecule has 3 rings (SSSR count). The van der Waals surface area contributed by atoms with Gasteiger partial charge >= 0.3 is 0 Å². The molecule has 0 spiro atoms. The Balaban J connectivity index is 2.10. The molecule has 1 unspecified atom stereocenters. The Kier molecular flexibility index (Phi) is 4.00. The first-order valence-corrected chi connectivity index (χ1v) is 7.92. The summed E-state index contributed by atoms with van der Waals surface area (Å²) in [6.07, 6.45) is 0.954. The van der Waals surface area contributed by atoms with Gasteiger partial charge in [-0.3, -0.25) is 0 Å². The second-order valence-electron chi connectivity index (χ2n) is 5.39. The van der Waals surface area contributed by atoms with Gasteiger partial charge in [0.05, 0.1) is 0 Å². The zero-order chi connectivity index (χ0) is 15.0. The summed E-state index contributed by atoms with van der Waals surface area (Å²) in [5.74, 6) is -0.182. The van der Waals surface area contributed by atoms with Crippen molar-refractivity contribution in [1.29, 1.82) is 0 Å². The van der Waals surface area contributed by atoms with E-state index in [-0.39, 0.29) is 11.9 Å². The van der Waals surface area contributed by atoms with Crippen molar-refractivity contribution in [3.63, 3.8) is 0 Å². The Morgan fingerprint density at radius 1 is 1.19 bits per heavy atom. The monoisotopic (exact) mass is 348 g/mol. The predicted molar refractivity (Wildman–Crippen MR) is 88.7 cm³/mol. The van der Waals surface area contributed by atoms with Crippen LogP contribution in [0.3, 0.4) is 0 Å². The molecule has 0 radical (unpaired) electrons. The minimum Gasteiger partial charge on any atom is -0.341 e. The van der Waals surface area contributed by atoms with Gasteiger partial charge < -0.3 is 10.2 Å². The number of nitrogens with one attached hydrogen (secondary N) is 1. The molecular formula is C17H18BrFN2. The van der Waals surface area contributed by atoms with Crippen LogP contribution in [0.15, 0.2) is 40.9 Å². The van der Waals surface area contributed by atoms with Crippen LogP contribution in [0.2, 0.25) is 0 Å². The molecule has 1 heterocycles. The molecule has 0 aliphatic carbocycles. The van der Waals surface area contributed by atoms with Crippen LogP contribution in [0.25, 0.3) is 0 Å². The number of hydrogen-bond acceptors (Lipinski definition) is 2. The molecule has 1 aliphatic rings. The first-order valence-electron chi connectivity index (χ1n) is 7.13. The second-order valence-corrected chi connectivity index (χ2v) is 6.30. The van der Waals surface area contributed by atoms with Crippen LogP contribution in [-0.2, 0) is 6.42 Å². The maximum Gasteiger partial charge on any atom is 0.125 e. The van der Waals surface area contributed by atoms with Gasteiger partial charge in [-0.15, -0.1) is 0 Å². The van der Waals surface area contributed by atoms with Crippen molar-refractivity contribution in [3.8, 4) is 0 Å². The summed E-state index contributed by atoms with van der Waals surface area (Å²) in [5.41, 5.74) is 4.55. The van der Waals surface area contributed by atoms with Crippen molar-refractivity contribution in [2.24, 2.45) is 0 Å². The zero-order valence-corrected chi connectivity index (χ0v) is 13.7. The van der Waals surface area contributed by atoms with E-state index in [9.17, 15) is 4.39 Å². The smallest absolute Gasteiger partial charge is 0.125 e. The van der Waals surface area contributed by atoms with Crippen LogP contribution in [0.1, 0.15) is 24.1 Å². The lowest BCUT2D eigenvalue weighted by Gasteiger charge is -2.25. The normalized spacial score (nSPS) is 15.1. The largest absolute Gasteiger partial charge is 0.341 e. The fourth-order valence-corrected chi connectivity index (χ4v) is 3.22. The van der Waals surface area contributed by atoms with Gasteiger partial charge in [-0.05, 0) is 55.8 Å². The predicted octanol–water partition coefficient (Wildman–Crippen LogP) is 4.56. The van der Waals surface area contributed by atoms with E-state index in [0.717, 1.165) is 28.8 Å². The van der Waals surface area contributed by atoms with Crippen LogP contribution in [-0.4, -0.2) is 13.6 Å². The van der Waals surface area contributed by atoms with E-state index >= 15 is 0 Å². The lowest BCUT2D eigenvalue weighted by molar-refractivity contribution is 0.627. The highest BCUT2D eigenvalue weighted by molar-refractivity contribution is 9.10. The standard InChI is InChI=1S/C17H18BrFN2/c1-11(20-2)15-6-4-13(18)9-17(15)21-8-7-12-3-5-14(19)10-16(12)21/h3-6,9-11,20H,7-8H2,1-2H3. The van der Waals surface area contributed by atoms with Crippen LogP contribution >= 0.6 is 15.9 Å². The highest BCUT2D eigenvalue weighted by Gasteiger charge is 2.24. The Hall–Kier alpha value is -1.39. The molecule has 0 saturated heterocycles. The summed E-state index contributed by atoms with van der Waals surface area (Å²) in [6.45, 7) is 3.02. The number of fused-ring (bicyclic) bond motifs is 1. The van der Waals surface area contributed by atoms with Crippen LogP contribution < -0.4 is 10.2 Å². The van der Waals surface area contributed by atoms with Gasteiger partial charge in [0, 0.05) is 28.4 Å². The number of hydrogen-bond donors (Lipinski definition) is 1. The first-order chi connectivity index (χ1) is 10.1. The molecule has 0 fully saturated rings. The van der Waals surface area contributed by atoms with E-state index < -0.39 is 0 Å². The van der Waals surface area contributed by atoms with Crippen LogP contribution in [0.4, 0.5) is 15.8 Å². The minimum absolute atomic E-state index is 0.182. The lowest BCUT2D eigenvalue weighted by Crippen LogP contribution is -2.20. The fraction of sp³-hybridized carbons (Fsp3) is 0.294. The number of anilines is 2. The molecule has 1 aliphatic heterocycles. The average molecular weight is 349 g/mol. The SMILES string of the molecule is CNC(C)c1ccc(Br)cc1N1CCc2ccc(F)cc21. The molecule has 0 saturated carbocycles. The molecule has 1 atom stereocenters. The molecular weight excluding hydrogens is 331 g/mol. The molecule has 0 amide bonds. The summed E-state index contributed by atoms with van der Waals surface area (Å²) >= 11 is 3.55. The van der Waals surface area contributed by atoms with Gasteiger partial charge in [-0.1, -0.05) is 28.1 Å². The van der Waals surface area contributed by atoms with Gasteiger partial charge in [-0.2, -0.15) is 0 Å². The maximum absolute atomic E-state index is 13.6. The van der Waals surface area contributed by atoms with E-state index in [0.29, 0.717) is 0 Å². The number of halogens is 2. The topological polar surface area (TPSA) is 15.3 Å². The van der Waals surface area contributed by atoms with Crippen LogP contribution in [0.5, 0.6) is 0 Å². The Bertz CT molecular complexity index is 672. The van der Waals surface area contributed by atoms with E-state index in [1.54, 1.807) is 12.1 Å². The van der Waals surface area contributed by atoms with Gasteiger partial charge in [0.15, 0.2) is 0 Å². The zero-order valence-electron chi connectivity index (χ0n) is 12.2. The van der Waals surface area contributed by atoms with E-state index in [2.05, 4.69) is 51.3 Å². The van der Waals surface area contributed by atoms with Crippen molar-refractivity contribution in [2.75, 3.05) is 18.5 Å². The van der Waals surface area contributed by atoms with Crippen molar-refractivity contribution >= 4 is 27.3 Å². The third kappa shape index (κ3) is 2.70. The van der Waals surface area contributed by atoms with Gasteiger partial charge in [0.25, 0.3) is 0 Å². The summed E-state index contributed by atoms with van der Waals surface area (Å²) < 4.78 is 14.6.